The van der Waals surface area contributed by atoms with Crippen molar-refractivity contribution in [3.63, 3.8) is 0 Å². The fraction of sp³-hybridized carbons (Fsp3) is 0.619. The summed E-state index contributed by atoms with van der Waals surface area (Å²) < 4.78 is 39.3. The molecule has 0 fully saturated rings. The molecule has 1 atom stereocenters. The Morgan fingerprint density at radius 1 is 1.00 bits per heavy atom. The molecule has 0 heterocycles. The van der Waals surface area contributed by atoms with Gasteiger partial charge in [0.25, 0.3) is 0 Å². The molecule has 0 amide bonds. The van der Waals surface area contributed by atoms with Gasteiger partial charge in [-0.2, -0.15) is 13.2 Å². The van der Waals surface area contributed by atoms with Crippen molar-refractivity contribution in [3.8, 4) is 0 Å². The van der Waals surface area contributed by atoms with Crippen LogP contribution in [0.1, 0.15) is 58.3 Å². The molecule has 0 spiro atoms. The lowest BCUT2D eigenvalue weighted by Crippen LogP contribution is -2.48. The SMILES string of the molecule is CCCCCCCCCC(O)/C(=C/C(F)(F)F)[Si](C)(C)c1ccccc1. The Morgan fingerprint density at radius 2 is 1.54 bits per heavy atom. The Labute approximate surface area is 157 Å². The highest BCUT2D eigenvalue weighted by Gasteiger charge is 2.37. The van der Waals surface area contributed by atoms with Crippen molar-refractivity contribution < 1.29 is 18.3 Å². The normalized spacial score (nSPS) is 14.5. The van der Waals surface area contributed by atoms with E-state index in [0.29, 0.717) is 12.5 Å². The van der Waals surface area contributed by atoms with Crippen molar-refractivity contribution in [1.82, 2.24) is 0 Å². The Kier molecular flexibility index (Phi) is 9.65. The zero-order chi connectivity index (χ0) is 19.6. The topological polar surface area (TPSA) is 20.2 Å². The summed E-state index contributed by atoms with van der Waals surface area (Å²) in [5.74, 6) is 0. The monoisotopic (exact) mass is 386 g/mol. The lowest BCUT2D eigenvalue weighted by Gasteiger charge is -2.30. The maximum atomic E-state index is 13.1. The third kappa shape index (κ3) is 8.08. The van der Waals surface area contributed by atoms with Gasteiger partial charge in [-0.25, -0.2) is 0 Å². The first-order valence-electron chi connectivity index (χ1n) is 9.72. The van der Waals surface area contributed by atoms with Gasteiger partial charge in [0.15, 0.2) is 0 Å². The van der Waals surface area contributed by atoms with Crippen LogP contribution in [0.4, 0.5) is 13.2 Å². The van der Waals surface area contributed by atoms with Gasteiger partial charge in [-0.3, -0.25) is 0 Å². The molecule has 0 aliphatic heterocycles. The summed E-state index contributed by atoms with van der Waals surface area (Å²) in [6.45, 7) is 5.94. The van der Waals surface area contributed by atoms with Crippen LogP contribution >= 0.6 is 0 Å². The van der Waals surface area contributed by atoms with Gasteiger partial charge in [-0.1, -0.05) is 100 Å². The van der Waals surface area contributed by atoms with E-state index in [-0.39, 0.29) is 5.20 Å². The molecule has 0 bridgehead atoms. The molecule has 1 unspecified atom stereocenters. The second kappa shape index (κ2) is 10.9. The number of hydrogen-bond donors (Lipinski definition) is 1. The Morgan fingerprint density at radius 3 is 2.08 bits per heavy atom. The molecule has 0 saturated carbocycles. The van der Waals surface area contributed by atoms with Crippen LogP contribution in [0.3, 0.4) is 0 Å². The molecule has 0 aliphatic rings. The molecule has 0 radical (unpaired) electrons. The van der Waals surface area contributed by atoms with Gasteiger partial charge in [-0.05, 0) is 11.6 Å². The van der Waals surface area contributed by atoms with Crippen LogP contribution in [0.2, 0.25) is 13.1 Å². The summed E-state index contributed by atoms with van der Waals surface area (Å²) in [4.78, 5) is 0. The largest absolute Gasteiger partial charge is 0.409 e. The predicted octanol–water partition coefficient (Wildman–Crippen LogP) is 6.13. The Balaban J connectivity index is 2.77. The number of halogens is 3. The van der Waals surface area contributed by atoms with Gasteiger partial charge in [-0.15, -0.1) is 0 Å². The molecule has 1 rings (SSSR count). The molecular formula is C21H33F3OSi. The maximum absolute atomic E-state index is 13.1. The quantitative estimate of drug-likeness (QED) is 0.358. The highest BCUT2D eigenvalue weighted by atomic mass is 28.3. The number of alkyl halides is 3. The molecule has 1 aromatic rings. The summed E-state index contributed by atoms with van der Waals surface area (Å²) in [5.41, 5.74) is 0. The van der Waals surface area contributed by atoms with E-state index >= 15 is 0 Å². The van der Waals surface area contributed by atoms with Crippen LogP contribution in [0.25, 0.3) is 0 Å². The van der Waals surface area contributed by atoms with Crippen molar-refractivity contribution in [2.75, 3.05) is 0 Å². The molecule has 1 nitrogen and oxygen atoms in total. The van der Waals surface area contributed by atoms with E-state index in [2.05, 4.69) is 6.92 Å². The lowest BCUT2D eigenvalue weighted by atomic mass is 10.1. The van der Waals surface area contributed by atoms with Crippen molar-refractivity contribution >= 4 is 13.3 Å². The van der Waals surface area contributed by atoms with E-state index in [1.165, 1.54) is 25.7 Å². The van der Waals surface area contributed by atoms with E-state index < -0.39 is 20.4 Å². The Bertz CT molecular complexity index is 538. The maximum Gasteiger partial charge on any atom is 0.409 e. The van der Waals surface area contributed by atoms with Gasteiger partial charge in [0.1, 0.15) is 8.07 Å². The van der Waals surface area contributed by atoms with Gasteiger partial charge >= 0.3 is 6.18 Å². The van der Waals surface area contributed by atoms with Crippen molar-refractivity contribution in [2.45, 2.75) is 83.7 Å². The van der Waals surface area contributed by atoms with Crippen molar-refractivity contribution in [1.29, 1.82) is 0 Å². The first kappa shape index (κ1) is 23.0. The molecule has 148 valence electrons. The van der Waals surface area contributed by atoms with Gasteiger partial charge < -0.3 is 5.11 Å². The zero-order valence-electron chi connectivity index (χ0n) is 16.3. The average Bonchev–Trinajstić information content (AvgIpc) is 2.58. The van der Waals surface area contributed by atoms with Gasteiger partial charge in [0, 0.05) is 6.08 Å². The number of unbranched alkanes of at least 4 members (excludes halogenated alkanes) is 6. The lowest BCUT2D eigenvalue weighted by molar-refractivity contribution is -0.0810. The van der Waals surface area contributed by atoms with E-state index in [1.807, 2.05) is 43.4 Å². The standard InChI is InChI=1S/C21H33F3OSi/c1-4-5-6-7-8-9-13-16-19(25)20(17-21(22,23)24)26(2,3)18-14-11-10-12-15-18/h10-12,14-15,17,19,25H,4-9,13,16H2,1-3H3/b20-17-. The second-order valence-corrected chi connectivity index (χ2v) is 12.0. The fourth-order valence-corrected chi connectivity index (χ4v) is 6.20. The molecule has 0 saturated heterocycles. The number of benzene rings is 1. The fourth-order valence-electron chi connectivity index (χ4n) is 3.34. The van der Waals surface area contributed by atoms with Crippen molar-refractivity contribution in [3.05, 3.63) is 41.6 Å². The number of aliphatic hydroxyl groups is 1. The molecular weight excluding hydrogens is 353 g/mol. The van der Waals surface area contributed by atoms with Crippen LogP contribution in [-0.2, 0) is 0 Å². The molecule has 0 aromatic heterocycles. The van der Waals surface area contributed by atoms with E-state index in [0.717, 1.165) is 24.4 Å². The molecule has 26 heavy (non-hydrogen) atoms. The third-order valence-electron chi connectivity index (χ3n) is 4.98. The highest BCUT2D eigenvalue weighted by molar-refractivity contribution is 6.95. The summed E-state index contributed by atoms with van der Waals surface area (Å²) >= 11 is 0. The second-order valence-electron chi connectivity index (χ2n) is 7.56. The smallest absolute Gasteiger partial charge is 0.389 e. The minimum absolute atomic E-state index is 0.183. The minimum Gasteiger partial charge on any atom is -0.389 e. The zero-order valence-corrected chi connectivity index (χ0v) is 17.3. The summed E-state index contributed by atoms with van der Waals surface area (Å²) in [5, 5.41) is 11.7. The summed E-state index contributed by atoms with van der Waals surface area (Å²) in [6, 6.07) is 9.29. The van der Waals surface area contributed by atoms with Crippen LogP contribution < -0.4 is 5.19 Å². The van der Waals surface area contributed by atoms with Crippen molar-refractivity contribution in [2.24, 2.45) is 0 Å². The van der Waals surface area contributed by atoms with Crippen LogP contribution in [-0.4, -0.2) is 25.5 Å². The van der Waals surface area contributed by atoms with Gasteiger partial charge in [0.05, 0.1) is 6.10 Å². The average molecular weight is 387 g/mol. The van der Waals surface area contributed by atoms with E-state index in [4.69, 9.17) is 0 Å². The highest BCUT2D eigenvalue weighted by Crippen LogP contribution is 2.28. The van der Waals surface area contributed by atoms with Crippen LogP contribution in [0, 0.1) is 0 Å². The summed E-state index contributed by atoms with van der Waals surface area (Å²) in [6.07, 6.45) is 2.97. The molecule has 0 aliphatic carbocycles. The van der Waals surface area contributed by atoms with Crippen LogP contribution in [0.15, 0.2) is 41.6 Å². The number of rotatable bonds is 11. The summed E-state index contributed by atoms with van der Waals surface area (Å²) in [7, 11) is -2.58. The van der Waals surface area contributed by atoms with E-state index in [1.54, 1.807) is 0 Å². The van der Waals surface area contributed by atoms with E-state index in [9.17, 15) is 18.3 Å². The Hall–Kier alpha value is -1.07. The number of hydrogen-bond acceptors (Lipinski definition) is 1. The molecule has 5 heteroatoms. The number of allylic oxidation sites excluding steroid dienone is 1. The molecule has 1 aromatic carbocycles. The van der Waals surface area contributed by atoms with Gasteiger partial charge in [0.2, 0.25) is 0 Å². The van der Waals surface area contributed by atoms with Crippen LogP contribution in [0.5, 0.6) is 0 Å². The molecule has 1 N–H and O–H groups in total. The number of aliphatic hydroxyl groups excluding tert-OH is 1. The minimum atomic E-state index is -4.41. The third-order valence-corrected chi connectivity index (χ3v) is 8.67. The first-order valence-corrected chi connectivity index (χ1v) is 12.7. The predicted molar refractivity (Wildman–Crippen MR) is 106 cm³/mol. The first-order chi connectivity index (χ1) is 12.2.